The van der Waals surface area contributed by atoms with Gasteiger partial charge in [0.15, 0.2) is 0 Å². The van der Waals surface area contributed by atoms with E-state index >= 15 is 0 Å². The topological polar surface area (TPSA) is 72.8 Å². The first-order valence-electron chi connectivity index (χ1n) is 4.63. The Hall–Kier alpha value is -1.62. The zero-order chi connectivity index (χ0) is 13.0. The molecule has 0 radical (unpaired) electrons. The summed E-state index contributed by atoms with van der Waals surface area (Å²) in [6.07, 6.45) is 1.60. The van der Waals surface area contributed by atoms with Gasteiger partial charge < -0.3 is 14.6 Å². The smallest absolute Gasteiger partial charge is 0.333 e. The molecule has 0 aliphatic carbocycles. The molecular formula is C11H18O5. The number of aliphatic hydroxyl groups is 1. The maximum Gasteiger partial charge on any atom is 0.333 e. The Kier molecular flexibility index (Phi) is 12.0. The zero-order valence-corrected chi connectivity index (χ0v) is 9.69. The molecule has 0 aliphatic heterocycles. The van der Waals surface area contributed by atoms with Crippen molar-refractivity contribution in [1.82, 2.24) is 0 Å². The number of hydrogen-bond donors (Lipinski definition) is 1. The minimum atomic E-state index is -0.395. The van der Waals surface area contributed by atoms with E-state index in [0.717, 1.165) is 6.08 Å². The Bertz CT molecular complexity index is 245. The van der Waals surface area contributed by atoms with E-state index in [9.17, 15) is 9.59 Å². The van der Waals surface area contributed by atoms with Crippen LogP contribution in [-0.2, 0) is 19.1 Å². The molecule has 5 heteroatoms. The summed E-state index contributed by atoms with van der Waals surface area (Å²) in [5, 5.41) is 8.30. The number of esters is 2. The van der Waals surface area contributed by atoms with Gasteiger partial charge in [-0.3, -0.25) is 0 Å². The number of methoxy groups -OCH3 is 1. The van der Waals surface area contributed by atoms with E-state index in [0.29, 0.717) is 12.0 Å². The number of hydrogen-bond acceptors (Lipinski definition) is 5. The molecule has 0 aromatic carbocycles. The summed E-state index contributed by atoms with van der Waals surface area (Å²) in [5.41, 5.74) is 0.387. The average Bonchev–Trinajstić information content (AvgIpc) is 2.28. The highest BCUT2D eigenvalue weighted by Gasteiger charge is 2.00. The van der Waals surface area contributed by atoms with Crippen molar-refractivity contribution in [3.8, 4) is 0 Å². The fraction of sp³-hybridized carbons (Fsp3) is 0.455. The summed E-state index contributed by atoms with van der Waals surface area (Å²) < 4.78 is 8.79. The van der Waals surface area contributed by atoms with E-state index in [4.69, 9.17) is 5.11 Å². The van der Waals surface area contributed by atoms with Crippen LogP contribution in [0.1, 0.15) is 13.3 Å². The fourth-order valence-corrected chi connectivity index (χ4v) is 0.436. The van der Waals surface area contributed by atoms with Crippen molar-refractivity contribution in [1.29, 1.82) is 0 Å². The minimum Gasteiger partial charge on any atom is -0.466 e. The van der Waals surface area contributed by atoms with Gasteiger partial charge in [0.05, 0.1) is 13.7 Å². The molecule has 0 aliphatic rings. The van der Waals surface area contributed by atoms with Crippen LogP contribution in [0.25, 0.3) is 0 Å². The van der Waals surface area contributed by atoms with E-state index in [2.05, 4.69) is 22.6 Å². The molecule has 0 bridgehead atoms. The van der Waals surface area contributed by atoms with Crippen molar-refractivity contribution in [3.63, 3.8) is 0 Å². The molecule has 1 N–H and O–H groups in total. The van der Waals surface area contributed by atoms with Gasteiger partial charge in [0.2, 0.25) is 0 Å². The number of ether oxygens (including phenoxy) is 2. The molecule has 0 aromatic rings. The minimum absolute atomic E-state index is 0.0451. The number of rotatable bonds is 5. The molecule has 5 nitrogen and oxygen atoms in total. The normalized spacial score (nSPS) is 8.19. The quantitative estimate of drug-likeness (QED) is 0.430. The Balaban J connectivity index is 0. The Labute approximate surface area is 95.4 Å². The van der Waals surface area contributed by atoms with Gasteiger partial charge in [0.25, 0.3) is 0 Å². The predicted molar refractivity (Wildman–Crippen MR) is 59.7 cm³/mol. The molecule has 0 saturated heterocycles. The highest BCUT2D eigenvalue weighted by atomic mass is 16.5. The van der Waals surface area contributed by atoms with E-state index in [-0.39, 0.29) is 13.2 Å². The third kappa shape index (κ3) is 12.4. The first-order chi connectivity index (χ1) is 7.49. The molecule has 0 unspecified atom stereocenters. The highest BCUT2D eigenvalue weighted by molar-refractivity contribution is 5.86. The largest absolute Gasteiger partial charge is 0.466 e. The maximum atomic E-state index is 10.6. The van der Waals surface area contributed by atoms with E-state index < -0.39 is 11.9 Å². The van der Waals surface area contributed by atoms with Gasteiger partial charge in [-0.05, 0) is 6.92 Å². The van der Waals surface area contributed by atoms with Crippen LogP contribution in [0.5, 0.6) is 0 Å². The molecule has 0 spiro atoms. The van der Waals surface area contributed by atoms with Crippen LogP contribution in [0.2, 0.25) is 0 Å². The first kappa shape index (κ1) is 16.8. The Morgan fingerprint density at radius 3 is 2.25 bits per heavy atom. The molecule has 0 rings (SSSR count). The lowest BCUT2D eigenvalue weighted by Gasteiger charge is -2.00. The summed E-state index contributed by atoms with van der Waals surface area (Å²) >= 11 is 0. The fourth-order valence-electron chi connectivity index (χ4n) is 0.436. The SMILES string of the molecule is C=C(C)C(=O)OCCCO.C=CC(=O)OC. The summed E-state index contributed by atoms with van der Waals surface area (Å²) in [6, 6.07) is 0. The molecule has 16 heavy (non-hydrogen) atoms. The molecule has 0 aromatic heterocycles. The van der Waals surface area contributed by atoms with Crippen LogP contribution >= 0.6 is 0 Å². The molecule has 0 saturated carbocycles. The lowest BCUT2D eigenvalue weighted by molar-refractivity contribution is -0.139. The van der Waals surface area contributed by atoms with Crippen LogP contribution in [0.4, 0.5) is 0 Å². The van der Waals surface area contributed by atoms with Crippen molar-refractivity contribution in [2.24, 2.45) is 0 Å². The van der Waals surface area contributed by atoms with Gasteiger partial charge in [-0.25, -0.2) is 9.59 Å². The van der Waals surface area contributed by atoms with E-state index in [1.54, 1.807) is 6.92 Å². The molecule has 0 atom stereocenters. The summed E-state index contributed by atoms with van der Waals surface area (Å²) in [6.45, 7) is 8.45. The van der Waals surface area contributed by atoms with Crippen LogP contribution in [-0.4, -0.2) is 37.4 Å². The molecule has 0 fully saturated rings. The van der Waals surface area contributed by atoms with Gasteiger partial charge in [-0.1, -0.05) is 13.2 Å². The van der Waals surface area contributed by atoms with Gasteiger partial charge >= 0.3 is 11.9 Å². The zero-order valence-electron chi connectivity index (χ0n) is 9.69. The second-order valence-electron chi connectivity index (χ2n) is 2.72. The molecule has 0 heterocycles. The van der Waals surface area contributed by atoms with Crippen molar-refractivity contribution < 1.29 is 24.2 Å². The van der Waals surface area contributed by atoms with Crippen LogP contribution in [0.15, 0.2) is 24.8 Å². The molecular weight excluding hydrogens is 212 g/mol. The predicted octanol–water partition coefficient (Wildman–Crippen LogP) is 0.833. The van der Waals surface area contributed by atoms with Crippen LogP contribution in [0.3, 0.4) is 0 Å². The van der Waals surface area contributed by atoms with Gasteiger partial charge in [0.1, 0.15) is 0 Å². The number of carbonyl (C=O) groups excluding carboxylic acids is 2. The number of carbonyl (C=O) groups is 2. The van der Waals surface area contributed by atoms with Gasteiger partial charge in [0, 0.05) is 24.7 Å². The van der Waals surface area contributed by atoms with Crippen molar-refractivity contribution in [2.45, 2.75) is 13.3 Å². The van der Waals surface area contributed by atoms with Gasteiger partial charge in [-0.2, -0.15) is 0 Å². The molecule has 0 amide bonds. The lowest BCUT2D eigenvalue weighted by atomic mass is 10.4. The standard InChI is InChI=1S/C7H12O3.C4H6O2/c1-6(2)7(9)10-5-3-4-8;1-3-4(5)6-2/h8H,1,3-5H2,2H3;3H,1H2,2H3. The van der Waals surface area contributed by atoms with Crippen molar-refractivity contribution >= 4 is 11.9 Å². The molecule has 92 valence electrons. The first-order valence-corrected chi connectivity index (χ1v) is 4.63. The summed E-state index contributed by atoms with van der Waals surface area (Å²) in [4.78, 5) is 20.5. The third-order valence-electron chi connectivity index (χ3n) is 1.25. The maximum absolute atomic E-state index is 10.6. The van der Waals surface area contributed by atoms with Crippen LogP contribution in [0, 0.1) is 0 Å². The Morgan fingerprint density at radius 1 is 1.44 bits per heavy atom. The van der Waals surface area contributed by atoms with Crippen molar-refractivity contribution in [3.05, 3.63) is 24.8 Å². The number of aliphatic hydroxyl groups excluding tert-OH is 1. The monoisotopic (exact) mass is 230 g/mol. The van der Waals surface area contributed by atoms with Gasteiger partial charge in [-0.15, -0.1) is 0 Å². The van der Waals surface area contributed by atoms with E-state index in [1.807, 2.05) is 0 Å². The second kappa shape index (κ2) is 11.5. The Morgan fingerprint density at radius 2 is 2.00 bits per heavy atom. The van der Waals surface area contributed by atoms with Crippen molar-refractivity contribution in [2.75, 3.05) is 20.3 Å². The average molecular weight is 230 g/mol. The summed E-state index contributed by atoms with van der Waals surface area (Å²) in [7, 11) is 1.31. The third-order valence-corrected chi connectivity index (χ3v) is 1.25. The van der Waals surface area contributed by atoms with Crippen LogP contribution < -0.4 is 0 Å². The lowest BCUT2D eigenvalue weighted by Crippen LogP contribution is -2.06. The second-order valence-corrected chi connectivity index (χ2v) is 2.72. The summed E-state index contributed by atoms with van der Waals surface area (Å²) in [5.74, 6) is -0.788. The highest BCUT2D eigenvalue weighted by Crippen LogP contribution is 1.92. The van der Waals surface area contributed by atoms with E-state index in [1.165, 1.54) is 7.11 Å².